The number of aromatic hydroxyl groups is 1. The molecule has 18 heteroatoms. The number of alkyl halides is 6. The summed E-state index contributed by atoms with van der Waals surface area (Å²) in [5.74, 6) is -4.10. The van der Waals surface area contributed by atoms with Crippen molar-refractivity contribution in [3.63, 3.8) is 0 Å². The molecule has 2 aliphatic heterocycles. The number of hydrogen-bond acceptors (Lipinski definition) is 8. The number of nitrogens with zero attached hydrogens (tertiary/aromatic N) is 4. The monoisotopic (exact) mass is 830 g/mol. The molecule has 312 valence electrons. The number of pyridine rings is 1. The maximum atomic E-state index is 14.7. The molecule has 2 aliphatic rings. The molecule has 4 heterocycles. The van der Waals surface area contributed by atoms with Gasteiger partial charge in [-0.1, -0.05) is 32.1 Å². The van der Waals surface area contributed by atoms with Gasteiger partial charge in [0.2, 0.25) is 5.91 Å². The van der Waals surface area contributed by atoms with Crippen LogP contribution in [0.1, 0.15) is 92.6 Å². The zero-order chi connectivity index (χ0) is 42.6. The molecule has 2 atom stereocenters. The summed E-state index contributed by atoms with van der Waals surface area (Å²) < 4.78 is 96.7. The molecule has 4 rings (SSSR count). The van der Waals surface area contributed by atoms with E-state index in [-0.39, 0.29) is 68.5 Å². The first kappa shape index (κ1) is 46.5. The van der Waals surface area contributed by atoms with Gasteiger partial charge in [0.05, 0.1) is 29.6 Å². The lowest BCUT2D eigenvalue weighted by atomic mass is 9.72. The van der Waals surface area contributed by atoms with Gasteiger partial charge in [0.1, 0.15) is 16.3 Å². The average molecular weight is 831 g/mol. The molecule has 0 aliphatic carbocycles. The van der Waals surface area contributed by atoms with E-state index in [9.17, 15) is 50.4 Å². The highest BCUT2D eigenvalue weighted by molar-refractivity contribution is 7.10. The van der Waals surface area contributed by atoms with E-state index in [1.165, 1.54) is 4.90 Å². The number of unbranched alkanes of at least 4 members (excludes halogenated alkanes) is 1. The highest BCUT2D eigenvalue weighted by atomic mass is 32.1. The summed E-state index contributed by atoms with van der Waals surface area (Å²) in [6.45, 7) is 7.50. The third-order valence-electron chi connectivity index (χ3n) is 9.64. The van der Waals surface area contributed by atoms with E-state index in [1.54, 1.807) is 24.0 Å². The van der Waals surface area contributed by atoms with Crippen LogP contribution in [0.2, 0.25) is 0 Å². The van der Waals surface area contributed by atoms with Crippen LogP contribution in [0, 0.1) is 22.7 Å². The highest BCUT2D eigenvalue weighted by Crippen LogP contribution is 2.43. The van der Waals surface area contributed by atoms with Crippen molar-refractivity contribution >= 4 is 29.1 Å². The van der Waals surface area contributed by atoms with E-state index in [0.717, 1.165) is 23.7 Å². The zero-order valence-corrected chi connectivity index (χ0v) is 32.3. The van der Waals surface area contributed by atoms with Crippen LogP contribution < -0.4 is 0 Å². The SMILES string of the molecule is C=C(F)/C(OCCCCC(=O)O)=C(\C=C/C)C1(C#N)CCN(C(=O)C2CCCN(C(=O)c3ncccc3C(F)(F)F)C2CCC)CC1.Oc1csc(C(F)(F)F)c1. The molecule has 0 radical (unpaired) electrons. The molecule has 0 bridgehead atoms. The van der Waals surface area contributed by atoms with E-state index >= 15 is 0 Å². The normalized spacial score (nSPS) is 18.9. The van der Waals surface area contributed by atoms with Crippen LogP contribution in [0.4, 0.5) is 30.7 Å². The fourth-order valence-electron chi connectivity index (χ4n) is 6.92. The molecule has 2 aromatic heterocycles. The number of piperidine rings is 2. The van der Waals surface area contributed by atoms with Gasteiger partial charge in [0, 0.05) is 55.3 Å². The number of aliphatic carboxylic acids is 1. The van der Waals surface area contributed by atoms with Gasteiger partial charge in [-0.15, -0.1) is 11.3 Å². The first-order valence-electron chi connectivity index (χ1n) is 18.3. The second-order valence-electron chi connectivity index (χ2n) is 13.5. The summed E-state index contributed by atoms with van der Waals surface area (Å²) >= 11 is 0.481. The predicted molar refractivity (Wildman–Crippen MR) is 196 cm³/mol. The summed E-state index contributed by atoms with van der Waals surface area (Å²) in [6, 6.07) is 4.33. The Morgan fingerprint density at radius 3 is 2.33 bits per heavy atom. The predicted octanol–water partition coefficient (Wildman–Crippen LogP) is 9.31. The first-order chi connectivity index (χ1) is 26.8. The quantitative estimate of drug-likeness (QED) is 0.0880. The number of allylic oxidation sites excluding steroid dienone is 4. The Bertz CT molecular complexity index is 1830. The Labute approximate surface area is 329 Å². The van der Waals surface area contributed by atoms with Gasteiger partial charge in [0.15, 0.2) is 11.6 Å². The molecular formula is C39H45F7N4O6S. The standard InChI is InChI=1S/C34H42F4N4O5.C5H3F3OS/c1-4-10-26(30(23(3)35)47-21-7-6-14-28(43)44)33(22-39)15-19-41(20-16-33)31(45)24-12-9-18-42(27(24)11-5-2)32(46)29-25(34(36,37)38)13-8-17-40-29;6-5(7,8)4-1-3(9)2-10-4/h4,8,10,13,17,24,27H,3,5-7,9,11-12,14-16,18-21H2,1-2H3,(H,43,44);1-2,9H/b10-4-,30-26-;. The Morgan fingerprint density at radius 1 is 1.14 bits per heavy atom. The van der Waals surface area contributed by atoms with Gasteiger partial charge < -0.3 is 24.7 Å². The van der Waals surface area contributed by atoms with Crippen molar-refractivity contribution in [1.82, 2.24) is 14.8 Å². The van der Waals surface area contributed by atoms with Gasteiger partial charge >= 0.3 is 18.3 Å². The molecule has 2 saturated heterocycles. The number of nitriles is 1. The van der Waals surface area contributed by atoms with Gasteiger partial charge in [-0.05, 0) is 64.0 Å². The number of hydrogen-bond donors (Lipinski definition) is 2. The van der Waals surface area contributed by atoms with Crippen molar-refractivity contribution in [3.05, 3.63) is 81.8 Å². The molecule has 57 heavy (non-hydrogen) atoms. The molecule has 10 nitrogen and oxygen atoms in total. The molecular weight excluding hydrogens is 786 g/mol. The van der Waals surface area contributed by atoms with E-state index < -0.39 is 63.6 Å². The fraction of sp³-hybridized carbons (Fsp3) is 0.513. The maximum Gasteiger partial charge on any atom is 0.425 e. The van der Waals surface area contributed by atoms with Crippen LogP contribution in [0.5, 0.6) is 5.75 Å². The number of rotatable bonds is 13. The van der Waals surface area contributed by atoms with Gasteiger partial charge in [0.25, 0.3) is 5.91 Å². The van der Waals surface area contributed by atoms with Crippen LogP contribution in [0.3, 0.4) is 0 Å². The van der Waals surface area contributed by atoms with Crippen LogP contribution in [-0.2, 0) is 26.7 Å². The Morgan fingerprint density at radius 2 is 1.82 bits per heavy atom. The highest BCUT2D eigenvalue weighted by Gasteiger charge is 2.46. The van der Waals surface area contributed by atoms with Crippen LogP contribution in [0.25, 0.3) is 0 Å². The van der Waals surface area contributed by atoms with Crippen molar-refractivity contribution in [2.75, 3.05) is 26.2 Å². The van der Waals surface area contributed by atoms with Crippen molar-refractivity contribution in [3.8, 4) is 11.8 Å². The Hall–Kier alpha value is -4.92. The average Bonchev–Trinajstić information content (AvgIpc) is 3.62. The van der Waals surface area contributed by atoms with Gasteiger partial charge in [-0.2, -0.15) is 31.6 Å². The van der Waals surface area contributed by atoms with Crippen molar-refractivity contribution in [2.24, 2.45) is 11.3 Å². The molecule has 2 fully saturated rings. The third-order valence-corrected chi connectivity index (χ3v) is 10.6. The second-order valence-corrected chi connectivity index (χ2v) is 14.4. The Balaban J connectivity index is 0.000000754. The number of amides is 2. The molecule has 0 spiro atoms. The van der Waals surface area contributed by atoms with E-state index in [2.05, 4.69) is 17.6 Å². The minimum atomic E-state index is -4.77. The lowest BCUT2D eigenvalue weighted by Gasteiger charge is -2.44. The molecule has 0 aromatic carbocycles. The maximum absolute atomic E-state index is 14.7. The van der Waals surface area contributed by atoms with Crippen molar-refractivity contribution < 1.29 is 60.1 Å². The number of thiophene rings is 1. The minimum absolute atomic E-state index is 0.0252. The number of likely N-dealkylation sites (tertiary alicyclic amines) is 2. The van der Waals surface area contributed by atoms with Crippen molar-refractivity contribution in [1.29, 1.82) is 5.26 Å². The van der Waals surface area contributed by atoms with Crippen molar-refractivity contribution in [2.45, 2.75) is 90.0 Å². The summed E-state index contributed by atoms with van der Waals surface area (Å²) in [7, 11) is 0. The fourth-order valence-corrected chi connectivity index (χ4v) is 7.56. The smallest absolute Gasteiger partial charge is 0.425 e. The van der Waals surface area contributed by atoms with E-state index in [1.807, 2.05) is 6.92 Å². The van der Waals surface area contributed by atoms with Crippen LogP contribution >= 0.6 is 11.3 Å². The summed E-state index contributed by atoms with van der Waals surface area (Å²) in [4.78, 5) is 44.3. The summed E-state index contributed by atoms with van der Waals surface area (Å²) in [5, 5.41) is 28.8. The lowest BCUT2D eigenvalue weighted by Crippen LogP contribution is -2.55. The molecule has 2 aromatic rings. The largest absolute Gasteiger partial charge is 0.507 e. The first-order valence-corrected chi connectivity index (χ1v) is 19.1. The minimum Gasteiger partial charge on any atom is -0.507 e. The zero-order valence-electron chi connectivity index (χ0n) is 31.5. The lowest BCUT2D eigenvalue weighted by molar-refractivity contribution is -0.141. The number of halogens is 7. The number of carboxylic acids is 1. The third kappa shape index (κ3) is 12.3. The summed E-state index contributed by atoms with van der Waals surface area (Å²) in [6.07, 6.45) is -1.91. The summed E-state index contributed by atoms with van der Waals surface area (Å²) in [5.41, 5.74) is -2.74. The Kier molecular flexibility index (Phi) is 16.7. The van der Waals surface area contributed by atoms with E-state index in [4.69, 9.17) is 14.9 Å². The van der Waals surface area contributed by atoms with Crippen LogP contribution in [0.15, 0.2) is 65.7 Å². The molecule has 0 saturated carbocycles. The second kappa shape index (κ2) is 20.5. The number of carboxylic acid groups (broad SMARTS) is 1. The topological polar surface area (TPSA) is 144 Å². The molecule has 2 unspecified atom stereocenters. The number of carbonyl (C=O) groups is 3. The molecule has 2 amide bonds. The number of aromatic nitrogens is 1. The number of carbonyl (C=O) groups excluding carboxylic acids is 2. The van der Waals surface area contributed by atoms with Gasteiger partial charge in [-0.3, -0.25) is 19.4 Å². The van der Waals surface area contributed by atoms with Crippen LogP contribution in [-0.4, -0.2) is 75.1 Å². The number of ether oxygens (including phenoxy) is 1. The van der Waals surface area contributed by atoms with Gasteiger partial charge in [-0.25, -0.2) is 4.39 Å². The van der Waals surface area contributed by atoms with E-state index in [0.29, 0.717) is 55.9 Å². The molecule has 2 N–H and O–H groups in total.